The first-order chi connectivity index (χ1) is 13.2. The van der Waals surface area contributed by atoms with Crippen molar-refractivity contribution in [1.29, 1.82) is 0 Å². The van der Waals surface area contributed by atoms with Gasteiger partial charge in [-0.1, -0.05) is 0 Å². The van der Waals surface area contributed by atoms with E-state index in [1.54, 1.807) is 0 Å². The van der Waals surface area contributed by atoms with Crippen LogP contribution in [0.4, 0.5) is 28.9 Å². The fourth-order valence-electron chi connectivity index (χ4n) is 3.88. The molecule has 154 valence electrons. The maximum Gasteiger partial charge on any atom is 0.403 e. The largest absolute Gasteiger partial charge is 0.403 e. The molecule has 2 fully saturated rings. The lowest BCUT2D eigenvalue weighted by Gasteiger charge is -2.41. The number of amidine groups is 1. The Bertz CT molecular complexity index is 778. The maximum atomic E-state index is 14.2. The Labute approximate surface area is 166 Å². The van der Waals surface area contributed by atoms with Crippen molar-refractivity contribution in [3.05, 3.63) is 17.9 Å². The molecule has 3 atom stereocenters. The number of nitrogens with one attached hydrogen (secondary N) is 2. The van der Waals surface area contributed by atoms with Gasteiger partial charge in [-0.2, -0.15) is 13.2 Å². The Morgan fingerprint density at radius 3 is 2.68 bits per heavy atom. The van der Waals surface area contributed by atoms with Crippen LogP contribution < -0.4 is 14.9 Å². The van der Waals surface area contributed by atoms with E-state index >= 15 is 0 Å². The van der Waals surface area contributed by atoms with Crippen LogP contribution in [0.25, 0.3) is 0 Å². The number of fused-ring (bicyclic) bond motifs is 1. The SMILES string of the molecule is CC1CC(N[C@@H](C)C(F)(F)F)CCN1c1cc(F)cc2c1N=C(C1CC1)NS2. The van der Waals surface area contributed by atoms with Gasteiger partial charge in [-0.05, 0) is 63.6 Å². The van der Waals surface area contributed by atoms with Gasteiger partial charge in [-0.25, -0.2) is 9.38 Å². The van der Waals surface area contributed by atoms with E-state index in [0.717, 1.165) is 41.9 Å². The van der Waals surface area contributed by atoms with Gasteiger partial charge in [0.05, 0.1) is 10.6 Å². The molecule has 1 aliphatic carbocycles. The number of piperidine rings is 1. The first-order valence-electron chi connectivity index (χ1n) is 9.66. The quantitative estimate of drug-likeness (QED) is 0.548. The normalized spacial score (nSPS) is 26.4. The van der Waals surface area contributed by atoms with Crippen molar-refractivity contribution in [3.8, 4) is 0 Å². The zero-order valence-electron chi connectivity index (χ0n) is 15.8. The predicted octanol–water partition coefficient (Wildman–Crippen LogP) is 4.77. The fraction of sp³-hybridized carbons (Fsp3) is 0.632. The van der Waals surface area contributed by atoms with Crippen LogP contribution in [0.2, 0.25) is 0 Å². The van der Waals surface area contributed by atoms with Gasteiger partial charge in [-0.3, -0.25) is 0 Å². The molecule has 4 nitrogen and oxygen atoms in total. The third-order valence-corrected chi connectivity index (χ3v) is 6.49. The second-order valence-electron chi connectivity index (χ2n) is 7.94. The van der Waals surface area contributed by atoms with Crippen molar-refractivity contribution in [2.75, 3.05) is 11.4 Å². The highest BCUT2D eigenvalue weighted by Gasteiger charge is 2.39. The average Bonchev–Trinajstić information content (AvgIpc) is 3.45. The summed E-state index contributed by atoms with van der Waals surface area (Å²) >= 11 is 1.39. The summed E-state index contributed by atoms with van der Waals surface area (Å²) in [5, 5.41) is 2.70. The monoisotopic (exact) mass is 416 g/mol. The van der Waals surface area contributed by atoms with Gasteiger partial charge >= 0.3 is 6.18 Å². The Balaban J connectivity index is 1.54. The number of nitrogens with zero attached hydrogens (tertiary/aromatic N) is 2. The maximum absolute atomic E-state index is 14.2. The van der Waals surface area contributed by atoms with Crippen molar-refractivity contribution in [3.63, 3.8) is 0 Å². The van der Waals surface area contributed by atoms with Crippen LogP contribution in [0.1, 0.15) is 39.5 Å². The van der Waals surface area contributed by atoms with Gasteiger partial charge in [0, 0.05) is 24.5 Å². The standard InChI is InChI=1S/C19H24F4N4S/c1-10-7-14(24-11(2)19(21,22)23)5-6-27(10)15-8-13(20)9-16-17(15)25-18(26-28-16)12-3-4-12/h8-12,14,24H,3-7H2,1-2H3,(H,25,26)/t10?,11-,14?/m0/s1. The molecule has 2 N–H and O–H groups in total. The summed E-state index contributed by atoms with van der Waals surface area (Å²) in [6.07, 6.45) is -0.886. The van der Waals surface area contributed by atoms with E-state index in [2.05, 4.69) is 14.9 Å². The van der Waals surface area contributed by atoms with Crippen LogP contribution in [0.5, 0.6) is 0 Å². The van der Waals surface area contributed by atoms with E-state index in [-0.39, 0.29) is 17.9 Å². The lowest BCUT2D eigenvalue weighted by molar-refractivity contribution is -0.153. The molecule has 1 aromatic rings. The zero-order chi connectivity index (χ0) is 20.1. The smallest absolute Gasteiger partial charge is 0.367 e. The number of hydrogen-bond donors (Lipinski definition) is 2. The molecule has 1 saturated carbocycles. The molecule has 3 aliphatic rings. The molecule has 2 unspecified atom stereocenters. The number of alkyl halides is 3. The summed E-state index contributed by atoms with van der Waals surface area (Å²) in [4.78, 5) is 7.60. The average molecular weight is 416 g/mol. The summed E-state index contributed by atoms with van der Waals surface area (Å²) < 4.78 is 56.0. The van der Waals surface area contributed by atoms with Crippen LogP contribution in [0.3, 0.4) is 0 Å². The molecule has 0 spiro atoms. The van der Waals surface area contributed by atoms with Crippen LogP contribution in [-0.4, -0.2) is 36.7 Å². The molecule has 4 rings (SSSR count). The first-order valence-corrected chi connectivity index (χ1v) is 10.5. The molecule has 2 heterocycles. The lowest BCUT2D eigenvalue weighted by Crippen LogP contribution is -2.52. The van der Waals surface area contributed by atoms with Crippen LogP contribution in [0, 0.1) is 11.7 Å². The summed E-state index contributed by atoms with van der Waals surface area (Å²) in [5.41, 5.74) is 1.51. The molecular formula is C19H24F4N4S. The highest BCUT2D eigenvalue weighted by molar-refractivity contribution is 7.98. The molecule has 1 aromatic carbocycles. The van der Waals surface area contributed by atoms with Gasteiger partial charge in [0.1, 0.15) is 23.4 Å². The topological polar surface area (TPSA) is 39.7 Å². The van der Waals surface area contributed by atoms with Crippen molar-refractivity contribution in [2.24, 2.45) is 10.9 Å². The molecule has 0 amide bonds. The molecular weight excluding hydrogens is 392 g/mol. The molecule has 9 heteroatoms. The van der Waals surface area contributed by atoms with Crippen LogP contribution >= 0.6 is 11.9 Å². The number of anilines is 1. The molecule has 2 aliphatic heterocycles. The zero-order valence-corrected chi connectivity index (χ0v) is 16.6. The van der Waals surface area contributed by atoms with Gasteiger partial charge in [0.25, 0.3) is 0 Å². The van der Waals surface area contributed by atoms with Crippen molar-refractivity contribution >= 4 is 29.2 Å². The Kier molecular flexibility index (Phi) is 5.24. The second kappa shape index (κ2) is 7.40. The second-order valence-corrected chi connectivity index (χ2v) is 8.79. The Hall–Kier alpha value is -1.48. The fourth-order valence-corrected chi connectivity index (χ4v) is 4.73. The summed E-state index contributed by atoms with van der Waals surface area (Å²) in [5.74, 6) is 1.06. The van der Waals surface area contributed by atoms with E-state index in [9.17, 15) is 17.6 Å². The molecule has 1 saturated heterocycles. The highest BCUT2D eigenvalue weighted by Crippen LogP contribution is 2.45. The molecule has 0 bridgehead atoms. The van der Waals surface area contributed by atoms with E-state index in [1.807, 2.05) is 6.92 Å². The molecule has 0 aromatic heterocycles. The predicted molar refractivity (Wildman–Crippen MR) is 104 cm³/mol. The van der Waals surface area contributed by atoms with E-state index in [4.69, 9.17) is 4.99 Å². The third kappa shape index (κ3) is 4.10. The molecule has 28 heavy (non-hydrogen) atoms. The summed E-state index contributed by atoms with van der Waals surface area (Å²) in [6, 6.07) is 1.21. The number of rotatable bonds is 4. The lowest BCUT2D eigenvalue weighted by atomic mass is 9.96. The minimum Gasteiger partial charge on any atom is -0.367 e. The van der Waals surface area contributed by atoms with Crippen molar-refractivity contribution in [1.82, 2.24) is 10.0 Å². The summed E-state index contributed by atoms with van der Waals surface area (Å²) in [7, 11) is 0. The van der Waals surface area contributed by atoms with Crippen molar-refractivity contribution < 1.29 is 17.6 Å². The van der Waals surface area contributed by atoms with Crippen LogP contribution in [0.15, 0.2) is 22.0 Å². The number of benzene rings is 1. The van der Waals surface area contributed by atoms with E-state index in [1.165, 1.54) is 24.1 Å². The van der Waals surface area contributed by atoms with Gasteiger partial charge in [-0.15, -0.1) is 0 Å². The van der Waals surface area contributed by atoms with E-state index in [0.29, 0.717) is 25.3 Å². The van der Waals surface area contributed by atoms with Crippen LogP contribution in [-0.2, 0) is 0 Å². The van der Waals surface area contributed by atoms with Gasteiger partial charge in [0.2, 0.25) is 0 Å². The third-order valence-electron chi connectivity index (χ3n) is 5.64. The minimum absolute atomic E-state index is 0.0166. The van der Waals surface area contributed by atoms with Crippen molar-refractivity contribution in [2.45, 2.75) is 68.7 Å². The summed E-state index contributed by atoms with van der Waals surface area (Å²) in [6.45, 7) is 3.69. The number of halogens is 4. The first kappa shape index (κ1) is 19.8. The Morgan fingerprint density at radius 2 is 2.04 bits per heavy atom. The van der Waals surface area contributed by atoms with E-state index < -0.39 is 12.2 Å². The Morgan fingerprint density at radius 1 is 1.29 bits per heavy atom. The molecule has 0 radical (unpaired) electrons. The highest BCUT2D eigenvalue weighted by atomic mass is 32.2. The minimum atomic E-state index is -4.25. The number of aliphatic imine (C=N–C) groups is 1. The van der Waals surface area contributed by atoms with Gasteiger partial charge in [0.15, 0.2) is 0 Å². The number of hydrogen-bond acceptors (Lipinski definition) is 5. The van der Waals surface area contributed by atoms with Gasteiger partial charge < -0.3 is 14.9 Å².